The van der Waals surface area contributed by atoms with Crippen LogP contribution in [0.1, 0.15) is 20.3 Å². The number of benzene rings is 1. The minimum Gasteiger partial charge on any atom is -0.372 e. The van der Waals surface area contributed by atoms with E-state index in [-0.39, 0.29) is 42.4 Å². The first-order chi connectivity index (χ1) is 11.4. The zero-order valence-corrected chi connectivity index (χ0v) is 13.9. The number of nitrogens with one attached hydrogen (secondary N) is 1. The van der Waals surface area contributed by atoms with E-state index in [4.69, 9.17) is 4.74 Å². The maximum Gasteiger partial charge on any atom is 0.317 e. The Bertz CT molecular complexity index is 629. The predicted octanol–water partition coefficient (Wildman–Crippen LogP) is 1.75. The second-order valence-corrected chi connectivity index (χ2v) is 6.50. The number of carbonyl (C=O) groups is 2. The van der Waals surface area contributed by atoms with E-state index in [0.29, 0.717) is 25.3 Å². The normalized spacial score (nSPS) is 27.5. The highest BCUT2D eigenvalue weighted by molar-refractivity contribution is 5.96. The van der Waals surface area contributed by atoms with Crippen LogP contribution in [0.4, 0.5) is 14.9 Å². The number of amides is 3. The lowest BCUT2D eigenvalue weighted by Gasteiger charge is -2.35. The zero-order valence-electron chi connectivity index (χ0n) is 13.9. The molecule has 0 aliphatic carbocycles. The largest absolute Gasteiger partial charge is 0.372 e. The van der Waals surface area contributed by atoms with Gasteiger partial charge in [-0.05, 0) is 32.0 Å². The number of carbonyl (C=O) groups excluding carboxylic acids is 2. The Kier molecular flexibility index (Phi) is 4.71. The van der Waals surface area contributed by atoms with Gasteiger partial charge in [0.25, 0.3) is 0 Å². The van der Waals surface area contributed by atoms with Gasteiger partial charge >= 0.3 is 6.03 Å². The minimum absolute atomic E-state index is 0.00602. The van der Waals surface area contributed by atoms with Crippen LogP contribution in [-0.2, 0) is 9.53 Å². The topological polar surface area (TPSA) is 61.9 Å². The molecule has 1 aromatic rings. The van der Waals surface area contributed by atoms with E-state index in [1.165, 1.54) is 17.0 Å². The Morgan fingerprint density at radius 1 is 1.25 bits per heavy atom. The van der Waals surface area contributed by atoms with Crippen LogP contribution in [0.5, 0.6) is 0 Å². The molecule has 0 bridgehead atoms. The van der Waals surface area contributed by atoms with Crippen molar-refractivity contribution in [2.24, 2.45) is 0 Å². The van der Waals surface area contributed by atoms with Gasteiger partial charge < -0.3 is 19.9 Å². The summed E-state index contributed by atoms with van der Waals surface area (Å²) < 4.78 is 19.0. The van der Waals surface area contributed by atoms with Gasteiger partial charge in [0, 0.05) is 31.7 Å². The van der Waals surface area contributed by atoms with Crippen LogP contribution >= 0.6 is 0 Å². The first-order valence-corrected chi connectivity index (χ1v) is 8.19. The van der Waals surface area contributed by atoms with E-state index < -0.39 is 0 Å². The van der Waals surface area contributed by atoms with Crippen molar-refractivity contribution in [2.45, 2.75) is 38.5 Å². The summed E-state index contributed by atoms with van der Waals surface area (Å²) in [5.74, 6) is -0.501. The average Bonchev–Trinajstić information content (AvgIpc) is 2.87. The Labute approximate surface area is 140 Å². The number of urea groups is 1. The molecule has 3 atom stereocenters. The molecule has 0 radical (unpaired) electrons. The van der Waals surface area contributed by atoms with Crippen molar-refractivity contribution < 1.29 is 18.7 Å². The molecular formula is C17H22FN3O3. The average molecular weight is 335 g/mol. The van der Waals surface area contributed by atoms with Gasteiger partial charge in [0.15, 0.2) is 0 Å². The molecule has 2 aliphatic heterocycles. The number of hydrogen-bond donors (Lipinski definition) is 1. The van der Waals surface area contributed by atoms with Gasteiger partial charge in [-0.2, -0.15) is 0 Å². The monoisotopic (exact) mass is 335 g/mol. The molecule has 3 rings (SSSR count). The Morgan fingerprint density at radius 2 is 1.96 bits per heavy atom. The van der Waals surface area contributed by atoms with E-state index in [2.05, 4.69) is 5.32 Å². The molecule has 0 aromatic heterocycles. The van der Waals surface area contributed by atoms with Crippen molar-refractivity contribution in [3.05, 3.63) is 30.1 Å². The SMILES string of the molecule is C[C@@H]1CN(C(=O)N[C@@H]2CC(=O)N(c3cccc(F)c3)C2)C[C@@H](C)O1. The summed E-state index contributed by atoms with van der Waals surface area (Å²) in [6, 6.07) is 5.46. The summed E-state index contributed by atoms with van der Waals surface area (Å²) in [6.45, 7) is 5.28. The number of rotatable bonds is 2. The van der Waals surface area contributed by atoms with Gasteiger partial charge in [-0.3, -0.25) is 4.79 Å². The van der Waals surface area contributed by atoms with E-state index in [9.17, 15) is 14.0 Å². The summed E-state index contributed by atoms with van der Waals surface area (Å²) >= 11 is 0. The summed E-state index contributed by atoms with van der Waals surface area (Å²) in [5, 5.41) is 2.91. The fourth-order valence-electron chi connectivity index (χ4n) is 3.31. The van der Waals surface area contributed by atoms with Crippen LogP contribution in [0.3, 0.4) is 0 Å². The van der Waals surface area contributed by atoms with Crippen LogP contribution in [0.2, 0.25) is 0 Å². The highest BCUT2D eigenvalue weighted by atomic mass is 19.1. The molecule has 0 spiro atoms. The molecule has 2 saturated heterocycles. The lowest BCUT2D eigenvalue weighted by atomic mass is 10.2. The van der Waals surface area contributed by atoms with Crippen molar-refractivity contribution in [1.29, 1.82) is 0 Å². The molecule has 24 heavy (non-hydrogen) atoms. The zero-order chi connectivity index (χ0) is 17.3. The van der Waals surface area contributed by atoms with E-state index >= 15 is 0 Å². The molecular weight excluding hydrogens is 313 g/mol. The molecule has 0 saturated carbocycles. The number of ether oxygens (including phenoxy) is 1. The van der Waals surface area contributed by atoms with E-state index in [0.717, 1.165) is 0 Å². The first kappa shape index (κ1) is 16.7. The van der Waals surface area contributed by atoms with Gasteiger partial charge in [-0.25, -0.2) is 9.18 Å². The van der Waals surface area contributed by atoms with Crippen molar-refractivity contribution in [3.8, 4) is 0 Å². The third kappa shape index (κ3) is 3.67. The van der Waals surface area contributed by atoms with Crippen molar-refractivity contribution >= 4 is 17.6 Å². The summed E-state index contributed by atoms with van der Waals surface area (Å²) in [7, 11) is 0. The number of hydrogen-bond acceptors (Lipinski definition) is 3. The Balaban J connectivity index is 1.61. The molecule has 1 N–H and O–H groups in total. The van der Waals surface area contributed by atoms with Crippen LogP contribution in [0.15, 0.2) is 24.3 Å². The number of nitrogens with zero attached hydrogens (tertiary/aromatic N) is 2. The van der Waals surface area contributed by atoms with E-state index in [1.54, 1.807) is 17.0 Å². The number of anilines is 1. The molecule has 2 aliphatic rings. The van der Waals surface area contributed by atoms with Crippen LogP contribution in [0.25, 0.3) is 0 Å². The fourth-order valence-corrected chi connectivity index (χ4v) is 3.31. The van der Waals surface area contributed by atoms with Crippen molar-refractivity contribution in [2.75, 3.05) is 24.5 Å². The second-order valence-electron chi connectivity index (χ2n) is 6.50. The highest BCUT2D eigenvalue weighted by Gasteiger charge is 2.34. The maximum absolute atomic E-state index is 13.3. The molecule has 0 unspecified atom stereocenters. The van der Waals surface area contributed by atoms with Gasteiger partial charge in [0.05, 0.1) is 18.2 Å². The molecule has 1 aromatic carbocycles. The maximum atomic E-state index is 13.3. The number of morpholine rings is 1. The highest BCUT2D eigenvalue weighted by Crippen LogP contribution is 2.22. The van der Waals surface area contributed by atoms with Gasteiger partial charge in [0.2, 0.25) is 5.91 Å². The predicted molar refractivity (Wildman–Crippen MR) is 87.3 cm³/mol. The van der Waals surface area contributed by atoms with Gasteiger partial charge in [-0.1, -0.05) is 6.07 Å². The Morgan fingerprint density at radius 3 is 2.62 bits per heavy atom. The quantitative estimate of drug-likeness (QED) is 0.896. The molecule has 130 valence electrons. The molecule has 2 heterocycles. The van der Waals surface area contributed by atoms with Gasteiger partial charge in [-0.15, -0.1) is 0 Å². The van der Waals surface area contributed by atoms with Gasteiger partial charge in [0.1, 0.15) is 5.82 Å². The lowest BCUT2D eigenvalue weighted by molar-refractivity contribution is -0.117. The van der Waals surface area contributed by atoms with Crippen molar-refractivity contribution in [1.82, 2.24) is 10.2 Å². The second kappa shape index (κ2) is 6.76. The van der Waals surface area contributed by atoms with E-state index in [1.807, 2.05) is 13.8 Å². The van der Waals surface area contributed by atoms with Crippen LogP contribution in [-0.4, -0.2) is 54.7 Å². The summed E-state index contributed by atoms with van der Waals surface area (Å²) in [5.41, 5.74) is 0.519. The third-order valence-corrected chi connectivity index (χ3v) is 4.28. The number of halogens is 1. The summed E-state index contributed by atoms with van der Waals surface area (Å²) in [4.78, 5) is 27.8. The standard InChI is InChI=1S/C17H22FN3O3/c1-11-8-20(9-12(2)24-11)17(23)19-14-7-16(22)21(10-14)15-5-3-4-13(18)6-15/h3-6,11-12,14H,7-10H2,1-2H3,(H,19,23)/t11-,12-,14-/m1/s1. The van der Waals surface area contributed by atoms with Crippen molar-refractivity contribution in [3.63, 3.8) is 0 Å². The van der Waals surface area contributed by atoms with Crippen LogP contribution < -0.4 is 10.2 Å². The molecule has 6 nitrogen and oxygen atoms in total. The molecule has 2 fully saturated rings. The summed E-state index contributed by atoms with van der Waals surface area (Å²) in [6.07, 6.45) is 0.208. The molecule has 7 heteroatoms. The third-order valence-electron chi connectivity index (χ3n) is 4.28. The minimum atomic E-state index is -0.385. The first-order valence-electron chi connectivity index (χ1n) is 8.19. The van der Waals surface area contributed by atoms with Crippen LogP contribution in [0, 0.1) is 5.82 Å². The Hall–Kier alpha value is -2.15. The smallest absolute Gasteiger partial charge is 0.317 e. The fraction of sp³-hybridized carbons (Fsp3) is 0.529. The lowest BCUT2D eigenvalue weighted by Crippen LogP contribution is -2.53. The molecule has 3 amide bonds.